The molecule has 100 valence electrons. The molecule has 0 aliphatic rings. The first kappa shape index (κ1) is 13.9. The second-order valence-electron chi connectivity index (χ2n) is 4.17. The Morgan fingerprint density at radius 3 is 2.75 bits per heavy atom. The normalized spacial score (nSPS) is 9.80. The van der Waals surface area contributed by atoms with Crippen molar-refractivity contribution >= 4 is 23.3 Å². The Morgan fingerprint density at radius 1 is 1.30 bits per heavy atom. The first-order valence-electron chi connectivity index (χ1n) is 5.86. The standard InChI is InChI=1S/C15H11ClN2O2/c16-13-7-10(8-17)4-5-14(13)18-9-11-2-1-3-12(6-11)15(19)20/h1-7,18H,9H2,(H,19,20). The molecule has 4 nitrogen and oxygen atoms in total. The molecule has 0 atom stereocenters. The van der Waals surface area contributed by atoms with Crippen LogP contribution >= 0.6 is 11.6 Å². The van der Waals surface area contributed by atoms with Gasteiger partial charge < -0.3 is 10.4 Å². The first-order chi connectivity index (χ1) is 9.60. The van der Waals surface area contributed by atoms with E-state index in [1.54, 1.807) is 36.4 Å². The maximum absolute atomic E-state index is 10.9. The van der Waals surface area contributed by atoms with Gasteiger partial charge in [-0.2, -0.15) is 5.26 Å². The minimum Gasteiger partial charge on any atom is -0.478 e. The number of nitrogens with zero attached hydrogens (tertiary/aromatic N) is 1. The van der Waals surface area contributed by atoms with Gasteiger partial charge in [-0.15, -0.1) is 0 Å². The second-order valence-corrected chi connectivity index (χ2v) is 4.57. The number of nitriles is 1. The highest BCUT2D eigenvalue weighted by Gasteiger charge is 2.05. The van der Waals surface area contributed by atoms with Crippen LogP contribution < -0.4 is 5.32 Å². The molecule has 2 N–H and O–H groups in total. The van der Waals surface area contributed by atoms with Crippen LogP contribution in [-0.4, -0.2) is 11.1 Å². The highest BCUT2D eigenvalue weighted by Crippen LogP contribution is 2.23. The Bertz CT molecular complexity index is 693. The number of rotatable bonds is 4. The van der Waals surface area contributed by atoms with Gasteiger partial charge in [0.1, 0.15) is 0 Å². The van der Waals surface area contributed by atoms with Crippen LogP contribution in [-0.2, 0) is 6.54 Å². The van der Waals surface area contributed by atoms with Crippen LogP contribution in [0.4, 0.5) is 5.69 Å². The van der Waals surface area contributed by atoms with Crippen LogP contribution in [0.25, 0.3) is 0 Å². The van der Waals surface area contributed by atoms with Crippen molar-refractivity contribution in [1.82, 2.24) is 0 Å². The van der Waals surface area contributed by atoms with Crippen molar-refractivity contribution in [1.29, 1.82) is 5.26 Å². The van der Waals surface area contributed by atoms with Gasteiger partial charge in [0.15, 0.2) is 0 Å². The Kier molecular flexibility index (Phi) is 4.24. The summed E-state index contributed by atoms with van der Waals surface area (Å²) < 4.78 is 0. The monoisotopic (exact) mass is 286 g/mol. The molecule has 0 aliphatic heterocycles. The van der Waals surface area contributed by atoms with E-state index >= 15 is 0 Å². The average molecular weight is 287 g/mol. The number of anilines is 1. The number of nitrogens with one attached hydrogen (secondary N) is 1. The molecule has 0 heterocycles. The van der Waals surface area contributed by atoms with Crippen molar-refractivity contribution < 1.29 is 9.90 Å². The Hall–Kier alpha value is -2.51. The summed E-state index contributed by atoms with van der Waals surface area (Å²) in [6.07, 6.45) is 0. The summed E-state index contributed by atoms with van der Waals surface area (Å²) in [5.41, 5.74) is 2.28. The number of aromatic carboxylic acids is 1. The molecule has 2 aromatic rings. The lowest BCUT2D eigenvalue weighted by Crippen LogP contribution is -2.02. The molecule has 20 heavy (non-hydrogen) atoms. The summed E-state index contributed by atoms with van der Waals surface area (Å²) in [6, 6.07) is 13.7. The third-order valence-electron chi connectivity index (χ3n) is 2.76. The van der Waals surface area contributed by atoms with Crippen molar-refractivity contribution in [3.05, 3.63) is 64.2 Å². The fraction of sp³-hybridized carbons (Fsp3) is 0.0667. The molecule has 0 aliphatic carbocycles. The van der Waals surface area contributed by atoms with E-state index < -0.39 is 5.97 Å². The molecule has 0 saturated carbocycles. The van der Waals surface area contributed by atoms with Crippen molar-refractivity contribution in [3.63, 3.8) is 0 Å². The van der Waals surface area contributed by atoms with E-state index in [1.165, 1.54) is 0 Å². The van der Waals surface area contributed by atoms with E-state index in [9.17, 15) is 4.79 Å². The SMILES string of the molecule is N#Cc1ccc(NCc2cccc(C(=O)O)c2)c(Cl)c1. The lowest BCUT2D eigenvalue weighted by molar-refractivity contribution is 0.0697. The zero-order valence-corrected chi connectivity index (χ0v) is 11.2. The van der Waals surface area contributed by atoms with E-state index in [1.807, 2.05) is 12.1 Å². The average Bonchev–Trinajstić information content (AvgIpc) is 2.46. The maximum atomic E-state index is 10.9. The molecule has 0 fully saturated rings. The first-order valence-corrected chi connectivity index (χ1v) is 6.23. The zero-order chi connectivity index (χ0) is 14.5. The van der Waals surface area contributed by atoms with Crippen LogP contribution in [0, 0.1) is 11.3 Å². The smallest absolute Gasteiger partial charge is 0.335 e. The molecule has 2 rings (SSSR count). The summed E-state index contributed by atoms with van der Waals surface area (Å²) >= 11 is 6.05. The minimum absolute atomic E-state index is 0.246. The fourth-order valence-corrected chi connectivity index (χ4v) is 1.99. The highest BCUT2D eigenvalue weighted by molar-refractivity contribution is 6.33. The fourth-order valence-electron chi connectivity index (χ4n) is 1.74. The number of carboxylic acids is 1. The summed E-state index contributed by atoms with van der Waals surface area (Å²) in [7, 11) is 0. The number of halogens is 1. The second kappa shape index (κ2) is 6.09. The van der Waals surface area contributed by atoms with Gasteiger partial charge in [0, 0.05) is 6.54 Å². The Morgan fingerprint density at radius 2 is 2.10 bits per heavy atom. The predicted octanol–water partition coefficient (Wildman–Crippen LogP) is 3.52. The van der Waals surface area contributed by atoms with Gasteiger partial charge in [-0.1, -0.05) is 23.7 Å². The van der Waals surface area contributed by atoms with Gasteiger partial charge in [0.05, 0.1) is 27.9 Å². The molecule has 5 heteroatoms. The van der Waals surface area contributed by atoms with Crippen molar-refractivity contribution in [2.24, 2.45) is 0 Å². The van der Waals surface area contributed by atoms with Crippen LogP contribution in [0.1, 0.15) is 21.5 Å². The molecule has 0 aromatic heterocycles. The molecule has 2 aromatic carbocycles. The molecule has 0 spiro atoms. The summed E-state index contributed by atoms with van der Waals surface area (Å²) in [5, 5.41) is 21.3. The Labute approximate surface area is 121 Å². The van der Waals surface area contributed by atoms with Crippen LogP contribution in [0.5, 0.6) is 0 Å². The number of carboxylic acid groups (broad SMARTS) is 1. The largest absolute Gasteiger partial charge is 0.478 e. The van der Waals surface area contributed by atoms with Gasteiger partial charge >= 0.3 is 5.97 Å². The lowest BCUT2D eigenvalue weighted by atomic mass is 10.1. The van der Waals surface area contributed by atoms with E-state index in [-0.39, 0.29) is 5.56 Å². The molecule has 0 saturated heterocycles. The van der Waals surface area contributed by atoms with Crippen molar-refractivity contribution in [3.8, 4) is 6.07 Å². The number of carbonyl (C=O) groups is 1. The Balaban J connectivity index is 2.11. The minimum atomic E-state index is -0.955. The number of hydrogen-bond acceptors (Lipinski definition) is 3. The van der Waals surface area contributed by atoms with Gasteiger partial charge in [-0.3, -0.25) is 0 Å². The van der Waals surface area contributed by atoms with E-state index in [0.717, 1.165) is 5.56 Å². The van der Waals surface area contributed by atoms with Gasteiger partial charge in [0.2, 0.25) is 0 Å². The van der Waals surface area contributed by atoms with E-state index in [0.29, 0.717) is 22.8 Å². The summed E-state index contributed by atoms with van der Waals surface area (Å²) in [5.74, 6) is -0.955. The molecule has 0 amide bonds. The number of hydrogen-bond donors (Lipinski definition) is 2. The topological polar surface area (TPSA) is 73.1 Å². The third kappa shape index (κ3) is 3.28. The quantitative estimate of drug-likeness (QED) is 0.902. The number of benzene rings is 2. The van der Waals surface area contributed by atoms with Crippen LogP contribution in [0.2, 0.25) is 5.02 Å². The van der Waals surface area contributed by atoms with Gasteiger partial charge in [0.25, 0.3) is 0 Å². The van der Waals surface area contributed by atoms with Gasteiger partial charge in [-0.25, -0.2) is 4.79 Å². The molecule has 0 bridgehead atoms. The van der Waals surface area contributed by atoms with Gasteiger partial charge in [-0.05, 0) is 35.9 Å². The molecular weight excluding hydrogens is 276 g/mol. The van der Waals surface area contributed by atoms with E-state index in [4.69, 9.17) is 22.0 Å². The maximum Gasteiger partial charge on any atom is 0.335 e. The third-order valence-corrected chi connectivity index (χ3v) is 3.07. The van der Waals surface area contributed by atoms with Crippen molar-refractivity contribution in [2.75, 3.05) is 5.32 Å². The zero-order valence-electron chi connectivity index (χ0n) is 10.4. The highest BCUT2D eigenvalue weighted by atomic mass is 35.5. The van der Waals surface area contributed by atoms with Crippen LogP contribution in [0.15, 0.2) is 42.5 Å². The van der Waals surface area contributed by atoms with Crippen molar-refractivity contribution in [2.45, 2.75) is 6.54 Å². The lowest BCUT2D eigenvalue weighted by Gasteiger charge is -2.09. The van der Waals surface area contributed by atoms with E-state index in [2.05, 4.69) is 5.32 Å². The molecular formula is C15H11ClN2O2. The molecule has 0 radical (unpaired) electrons. The molecule has 0 unspecified atom stereocenters. The predicted molar refractivity (Wildman–Crippen MR) is 76.9 cm³/mol. The summed E-state index contributed by atoms with van der Waals surface area (Å²) in [4.78, 5) is 10.9. The summed E-state index contributed by atoms with van der Waals surface area (Å²) in [6.45, 7) is 0.451. The van der Waals surface area contributed by atoms with Crippen LogP contribution in [0.3, 0.4) is 0 Å².